The molecule has 0 unspecified atom stereocenters. The number of hydrogen-bond acceptors (Lipinski definition) is 1. The Hall–Kier alpha value is -1.06. The van der Waals surface area contributed by atoms with Crippen LogP contribution in [0.4, 0.5) is 4.39 Å². The summed E-state index contributed by atoms with van der Waals surface area (Å²) in [4.78, 5) is 0. The van der Waals surface area contributed by atoms with Gasteiger partial charge < -0.3 is 4.74 Å². The summed E-state index contributed by atoms with van der Waals surface area (Å²) >= 11 is 9.02. The fraction of sp³-hybridized carbons (Fsp3) is 0.143. The number of hydrogen-bond donors (Lipinski definition) is 0. The molecule has 0 amide bonds. The van der Waals surface area contributed by atoms with E-state index in [1.807, 2.05) is 25.1 Å². The molecule has 18 heavy (non-hydrogen) atoms. The van der Waals surface area contributed by atoms with Gasteiger partial charge in [-0.3, -0.25) is 0 Å². The van der Waals surface area contributed by atoms with Crippen LogP contribution in [0.5, 0.6) is 11.5 Å². The maximum absolute atomic E-state index is 13.3. The monoisotopic (exact) mass is 328 g/mol. The maximum Gasteiger partial charge on any atom is 0.145 e. The van der Waals surface area contributed by atoms with Gasteiger partial charge in [0, 0.05) is 11.4 Å². The topological polar surface area (TPSA) is 9.23 Å². The van der Waals surface area contributed by atoms with Gasteiger partial charge in [0.15, 0.2) is 0 Å². The first kappa shape index (κ1) is 13.4. The van der Waals surface area contributed by atoms with Crippen molar-refractivity contribution in [2.24, 2.45) is 0 Å². The molecule has 1 nitrogen and oxygen atoms in total. The molecule has 0 heterocycles. The van der Waals surface area contributed by atoms with Gasteiger partial charge in [0.25, 0.3) is 0 Å². The van der Waals surface area contributed by atoms with Crippen LogP contribution in [-0.4, -0.2) is 0 Å². The molecule has 0 atom stereocenters. The van der Waals surface area contributed by atoms with Crippen molar-refractivity contribution >= 4 is 27.5 Å². The van der Waals surface area contributed by atoms with Gasteiger partial charge in [0.1, 0.15) is 17.3 Å². The second-order valence-electron chi connectivity index (χ2n) is 3.90. The molecule has 0 N–H and O–H groups in total. The molecule has 0 aliphatic carbocycles. The highest BCUT2D eigenvalue weighted by atomic mass is 79.9. The van der Waals surface area contributed by atoms with E-state index in [9.17, 15) is 4.39 Å². The van der Waals surface area contributed by atoms with E-state index in [0.29, 0.717) is 11.5 Å². The molecule has 2 rings (SSSR count). The van der Waals surface area contributed by atoms with E-state index in [1.54, 1.807) is 6.07 Å². The van der Waals surface area contributed by atoms with Crippen LogP contribution in [0.1, 0.15) is 11.1 Å². The Morgan fingerprint density at radius 2 is 1.83 bits per heavy atom. The minimum absolute atomic E-state index is 0.0909. The second-order valence-corrected chi connectivity index (χ2v) is 4.87. The Morgan fingerprint density at radius 1 is 1.17 bits per heavy atom. The number of ether oxygens (including phenoxy) is 1. The van der Waals surface area contributed by atoms with Crippen LogP contribution in [0.15, 0.2) is 36.4 Å². The standard InChI is InChI=1S/C14H11BrClFO/c1-9-6-11(3-2-10(9)8-15)18-12-4-5-13(16)14(17)7-12/h2-7H,8H2,1H3. The lowest BCUT2D eigenvalue weighted by molar-refractivity contribution is 0.476. The van der Waals surface area contributed by atoms with Gasteiger partial charge in [-0.2, -0.15) is 0 Å². The molecule has 0 radical (unpaired) electrons. The van der Waals surface area contributed by atoms with E-state index in [0.717, 1.165) is 10.9 Å². The van der Waals surface area contributed by atoms with Crippen molar-refractivity contribution < 1.29 is 9.13 Å². The number of alkyl halides is 1. The molecule has 2 aromatic carbocycles. The van der Waals surface area contributed by atoms with Crippen LogP contribution in [0, 0.1) is 12.7 Å². The molecule has 0 saturated carbocycles. The van der Waals surface area contributed by atoms with E-state index in [2.05, 4.69) is 15.9 Å². The number of rotatable bonds is 3. The van der Waals surface area contributed by atoms with E-state index >= 15 is 0 Å². The van der Waals surface area contributed by atoms with Crippen molar-refractivity contribution in [2.45, 2.75) is 12.3 Å². The normalized spacial score (nSPS) is 10.4. The molecule has 94 valence electrons. The van der Waals surface area contributed by atoms with Crippen molar-refractivity contribution in [1.29, 1.82) is 0 Å². The van der Waals surface area contributed by atoms with Gasteiger partial charge in [-0.25, -0.2) is 4.39 Å². The van der Waals surface area contributed by atoms with E-state index in [-0.39, 0.29) is 5.02 Å². The van der Waals surface area contributed by atoms with E-state index < -0.39 is 5.82 Å². The van der Waals surface area contributed by atoms with Gasteiger partial charge in [-0.15, -0.1) is 0 Å². The van der Waals surface area contributed by atoms with Gasteiger partial charge in [-0.1, -0.05) is 33.6 Å². The summed E-state index contributed by atoms with van der Waals surface area (Å²) in [5.74, 6) is 0.629. The molecule has 0 saturated heterocycles. The summed E-state index contributed by atoms with van der Waals surface area (Å²) in [5, 5.41) is 0.891. The lowest BCUT2D eigenvalue weighted by Crippen LogP contribution is -1.89. The molecule has 0 aliphatic rings. The predicted molar refractivity (Wildman–Crippen MR) is 75.3 cm³/mol. The Balaban J connectivity index is 2.23. The molecule has 2 aromatic rings. The Bertz CT molecular complexity index is 572. The SMILES string of the molecule is Cc1cc(Oc2ccc(Cl)c(F)c2)ccc1CBr. The molecule has 0 spiro atoms. The highest BCUT2D eigenvalue weighted by molar-refractivity contribution is 9.08. The van der Waals surface area contributed by atoms with Gasteiger partial charge >= 0.3 is 0 Å². The average molecular weight is 330 g/mol. The molecule has 0 aromatic heterocycles. The quantitative estimate of drug-likeness (QED) is 0.678. The smallest absolute Gasteiger partial charge is 0.145 e. The van der Waals surface area contributed by atoms with Crippen molar-refractivity contribution in [3.05, 3.63) is 58.4 Å². The van der Waals surface area contributed by atoms with Crippen LogP contribution in [-0.2, 0) is 5.33 Å². The van der Waals surface area contributed by atoms with Crippen LogP contribution in [0.3, 0.4) is 0 Å². The van der Waals surface area contributed by atoms with Crippen LogP contribution >= 0.6 is 27.5 Å². The third-order valence-electron chi connectivity index (χ3n) is 2.58. The number of benzene rings is 2. The molecular weight excluding hydrogens is 319 g/mol. The summed E-state index contributed by atoms with van der Waals surface area (Å²) in [7, 11) is 0. The van der Waals surface area contributed by atoms with Crippen LogP contribution < -0.4 is 4.74 Å². The summed E-state index contributed by atoms with van der Waals surface area (Å²) in [6.45, 7) is 2.01. The highest BCUT2D eigenvalue weighted by Gasteiger charge is 2.04. The second kappa shape index (κ2) is 5.72. The molecular formula is C14H11BrClFO. The number of aryl methyl sites for hydroxylation is 1. The van der Waals surface area contributed by atoms with E-state index in [4.69, 9.17) is 16.3 Å². The first-order chi connectivity index (χ1) is 8.60. The predicted octanol–water partition coefficient (Wildman–Crippen LogP) is 5.47. The minimum atomic E-state index is -0.483. The zero-order chi connectivity index (χ0) is 13.1. The zero-order valence-electron chi connectivity index (χ0n) is 9.71. The molecule has 0 aliphatic heterocycles. The Morgan fingerprint density at radius 3 is 2.44 bits per heavy atom. The van der Waals surface area contributed by atoms with Crippen LogP contribution in [0.2, 0.25) is 5.02 Å². The first-order valence-electron chi connectivity index (χ1n) is 5.38. The summed E-state index contributed by atoms with van der Waals surface area (Å²) < 4.78 is 18.8. The van der Waals surface area contributed by atoms with Crippen molar-refractivity contribution in [3.63, 3.8) is 0 Å². The summed E-state index contributed by atoms with van der Waals surface area (Å²) in [6.07, 6.45) is 0. The molecule has 0 bridgehead atoms. The fourth-order valence-corrected chi connectivity index (χ4v) is 2.30. The van der Waals surface area contributed by atoms with Gasteiger partial charge in [0.2, 0.25) is 0 Å². The third-order valence-corrected chi connectivity index (χ3v) is 3.50. The zero-order valence-corrected chi connectivity index (χ0v) is 12.1. The molecule has 0 fully saturated rings. The summed E-state index contributed by atoms with van der Waals surface area (Å²) in [5.41, 5.74) is 2.32. The van der Waals surface area contributed by atoms with E-state index in [1.165, 1.54) is 17.7 Å². The van der Waals surface area contributed by atoms with Crippen molar-refractivity contribution in [3.8, 4) is 11.5 Å². The summed E-state index contributed by atoms with van der Waals surface area (Å²) in [6, 6.07) is 10.1. The average Bonchev–Trinajstić information content (AvgIpc) is 2.34. The highest BCUT2D eigenvalue weighted by Crippen LogP contribution is 2.27. The lowest BCUT2D eigenvalue weighted by atomic mass is 10.1. The fourth-order valence-electron chi connectivity index (χ4n) is 1.56. The maximum atomic E-state index is 13.3. The van der Waals surface area contributed by atoms with Crippen molar-refractivity contribution in [2.75, 3.05) is 0 Å². The number of halogens is 3. The van der Waals surface area contributed by atoms with Crippen molar-refractivity contribution in [1.82, 2.24) is 0 Å². The van der Waals surface area contributed by atoms with Gasteiger partial charge in [0.05, 0.1) is 5.02 Å². The van der Waals surface area contributed by atoms with Gasteiger partial charge in [-0.05, 0) is 42.3 Å². The Labute approximate surface area is 119 Å². The Kier molecular flexibility index (Phi) is 4.25. The molecule has 4 heteroatoms. The first-order valence-corrected chi connectivity index (χ1v) is 6.88. The lowest BCUT2D eigenvalue weighted by Gasteiger charge is -2.09. The largest absolute Gasteiger partial charge is 0.457 e. The third kappa shape index (κ3) is 3.03. The van der Waals surface area contributed by atoms with Crippen LogP contribution in [0.25, 0.3) is 0 Å². The minimum Gasteiger partial charge on any atom is -0.457 e.